The van der Waals surface area contributed by atoms with Crippen molar-refractivity contribution in [3.05, 3.63) is 35.7 Å². The van der Waals surface area contributed by atoms with Gasteiger partial charge in [0.05, 0.1) is 0 Å². The number of hydrogen-bond acceptors (Lipinski definition) is 4. The summed E-state index contributed by atoms with van der Waals surface area (Å²) in [5.74, 6) is 1.07. The van der Waals surface area contributed by atoms with E-state index in [1.54, 1.807) is 31.2 Å². The minimum Gasteiger partial charge on any atom is -0.334 e. The van der Waals surface area contributed by atoms with Gasteiger partial charge in [0.2, 0.25) is 0 Å². The molecule has 0 aliphatic heterocycles. The number of aldehydes is 1. The first-order chi connectivity index (χ1) is 6.79. The molecule has 1 aromatic carbocycles. The van der Waals surface area contributed by atoms with Gasteiger partial charge in [-0.25, -0.2) is 0 Å². The highest BCUT2D eigenvalue weighted by atomic mass is 16.5. The number of benzene rings is 1. The lowest BCUT2D eigenvalue weighted by Crippen LogP contribution is -1.81. The van der Waals surface area contributed by atoms with Crippen molar-refractivity contribution in [1.82, 2.24) is 10.1 Å². The summed E-state index contributed by atoms with van der Waals surface area (Å²) in [5, 5.41) is 3.68. The summed E-state index contributed by atoms with van der Waals surface area (Å²) >= 11 is 0. The lowest BCUT2D eigenvalue weighted by atomic mass is 10.1. The van der Waals surface area contributed by atoms with Gasteiger partial charge in [-0.2, -0.15) is 4.98 Å². The highest BCUT2D eigenvalue weighted by Crippen LogP contribution is 2.16. The summed E-state index contributed by atoms with van der Waals surface area (Å²) in [4.78, 5) is 14.5. The molecule has 0 fully saturated rings. The third-order valence-corrected chi connectivity index (χ3v) is 1.82. The van der Waals surface area contributed by atoms with Gasteiger partial charge in [-0.15, -0.1) is 0 Å². The molecule has 0 N–H and O–H groups in total. The monoisotopic (exact) mass is 188 g/mol. The fraction of sp³-hybridized carbons (Fsp3) is 0.100. The molecule has 0 saturated carbocycles. The molecule has 0 aliphatic rings. The van der Waals surface area contributed by atoms with Crippen LogP contribution in [0, 0.1) is 6.92 Å². The van der Waals surface area contributed by atoms with E-state index in [0.717, 1.165) is 11.8 Å². The van der Waals surface area contributed by atoms with Crippen molar-refractivity contribution in [3.63, 3.8) is 0 Å². The summed E-state index contributed by atoms with van der Waals surface area (Å²) in [6.45, 7) is 1.76. The first kappa shape index (κ1) is 8.62. The minimum absolute atomic E-state index is 0.472. The van der Waals surface area contributed by atoms with Crippen molar-refractivity contribution >= 4 is 6.29 Å². The summed E-state index contributed by atoms with van der Waals surface area (Å²) < 4.78 is 4.97. The summed E-state index contributed by atoms with van der Waals surface area (Å²) in [6.07, 6.45) is 0.794. The molecule has 0 spiro atoms. The van der Waals surface area contributed by atoms with Gasteiger partial charge in [0, 0.05) is 11.1 Å². The predicted molar refractivity (Wildman–Crippen MR) is 49.9 cm³/mol. The van der Waals surface area contributed by atoms with Crippen molar-refractivity contribution in [2.24, 2.45) is 0 Å². The smallest absolute Gasteiger partial charge is 0.257 e. The molecule has 70 valence electrons. The summed E-state index contributed by atoms with van der Waals surface area (Å²) in [6, 6.07) is 6.97. The Hall–Kier alpha value is -1.97. The normalized spacial score (nSPS) is 10.1. The van der Waals surface area contributed by atoms with Crippen LogP contribution in [0.5, 0.6) is 0 Å². The van der Waals surface area contributed by atoms with Crippen LogP contribution >= 0.6 is 0 Å². The maximum absolute atomic E-state index is 10.4. The second kappa shape index (κ2) is 3.41. The van der Waals surface area contributed by atoms with Crippen LogP contribution in [0.15, 0.2) is 28.8 Å². The fourth-order valence-electron chi connectivity index (χ4n) is 1.12. The van der Waals surface area contributed by atoms with Crippen molar-refractivity contribution in [3.8, 4) is 11.5 Å². The molecular formula is C10H8N2O2. The van der Waals surface area contributed by atoms with E-state index in [-0.39, 0.29) is 0 Å². The highest BCUT2D eigenvalue weighted by Gasteiger charge is 2.04. The van der Waals surface area contributed by atoms with Gasteiger partial charge < -0.3 is 4.52 Å². The first-order valence-corrected chi connectivity index (χ1v) is 4.15. The van der Waals surface area contributed by atoms with Crippen LogP contribution in [0.25, 0.3) is 11.5 Å². The molecule has 2 rings (SSSR count). The molecule has 4 nitrogen and oxygen atoms in total. The third-order valence-electron chi connectivity index (χ3n) is 1.82. The zero-order valence-corrected chi connectivity index (χ0v) is 7.60. The van der Waals surface area contributed by atoms with Crippen LogP contribution in [0.1, 0.15) is 16.2 Å². The summed E-state index contributed by atoms with van der Waals surface area (Å²) in [7, 11) is 0. The largest absolute Gasteiger partial charge is 0.334 e. The van der Waals surface area contributed by atoms with Crippen LogP contribution in [0.3, 0.4) is 0 Å². The Labute approximate surface area is 80.6 Å². The Kier molecular flexibility index (Phi) is 2.10. The van der Waals surface area contributed by atoms with Crippen LogP contribution in [0.2, 0.25) is 0 Å². The average molecular weight is 188 g/mol. The van der Waals surface area contributed by atoms with Gasteiger partial charge in [-0.1, -0.05) is 17.3 Å². The Balaban J connectivity index is 2.38. The predicted octanol–water partition coefficient (Wildman–Crippen LogP) is 1.86. The van der Waals surface area contributed by atoms with Crippen LogP contribution in [0.4, 0.5) is 0 Å². The maximum Gasteiger partial charge on any atom is 0.257 e. The Morgan fingerprint density at radius 3 is 2.50 bits per heavy atom. The molecule has 0 saturated heterocycles. The molecule has 2 aromatic rings. The number of carbonyl (C=O) groups is 1. The number of aryl methyl sites for hydroxylation is 1. The number of carbonyl (C=O) groups excluding carboxylic acids is 1. The van der Waals surface area contributed by atoms with Gasteiger partial charge in [0.25, 0.3) is 5.89 Å². The second-order valence-corrected chi connectivity index (χ2v) is 2.89. The quantitative estimate of drug-likeness (QED) is 0.675. The molecule has 0 atom stereocenters. The molecule has 0 radical (unpaired) electrons. The molecule has 1 aromatic heterocycles. The van der Waals surface area contributed by atoms with Gasteiger partial charge in [-0.05, 0) is 19.1 Å². The third kappa shape index (κ3) is 1.54. The number of nitrogens with zero attached hydrogens (tertiary/aromatic N) is 2. The van der Waals surface area contributed by atoms with Crippen LogP contribution in [-0.2, 0) is 0 Å². The van der Waals surface area contributed by atoms with E-state index in [4.69, 9.17) is 4.52 Å². The molecular weight excluding hydrogens is 180 g/mol. The molecule has 0 aliphatic carbocycles. The molecule has 14 heavy (non-hydrogen) atoms. The van der Waals surface area contributed by atoms with E-state index in [2.05, 4.69) is 10.1 Å². The van der Waals surface area contributed by atoms with E-state index >= 15 is 0 Å². The minimum atomic E-state index is 0.472. The Morgan fingerprint density at radius 1 is 1.29 bits per heavy atom. The number of aromatic nitrogens is 2. The second-order valence-electron chi connectivity index (χ2n) is 2.89. The zero-order valence-electron chi connectivity index (χ0n) is 7.60. The molecule has 4 heteroatoms. The van der Waals surface area contributed by atoms with E-state index in [9.17, 15) is 4.79 Å². The van der Waals surface area contributed by atoms with E-state index < -0.39 is 0 Å². The van der Waals surface area contributed by atoms with Crippen LogP contribution in [-0.4, -0.2) is 16.4 Å². The lowest BCUT2D eigenvalue weighted by molar-refractivity contribution is 0.112. The number of rotatable bonds is 2. The first-order valence-electron chi connectivity index (χ1n) is 4.15. The van der Waals surface area contributed by atoms with Crippen molar-refractivity contribution in [2.45, 2.75) is 6.92 Å². The van der Waals surface area contributed by atoms with E-state index in [0.29, 0.717) is 17.3 Å². The average Bonchev–Trinajstić information content (AvgIpc) is 2.65. The Morgan fingerprint density at radius 2 is 2.00 bits per heavy atom. The molecule has 0 amide bonds. The fourth-order valence-corrected chi connectivity index (χ4v) is 1.12. The lowest BCUT2D eigenvalue weighted by Gasteiger charge is -1.93. The van der Waals surface area contributed by atoms with Gasteiger partial charge in [0.1, 0.15) is 6.29 Å². The molecule has 1 heterocycles. The maximum atomic E-state index is 10.4. The van der Waals surface area contributed by atoms with Gasteiger partial charge in [0.15, 0.2) is 5.82 Å². The highest BCUT2D eigenvalue weighted by molar-refractivity contribution is 5.75. The summed E-state index contributed by atoms with van der Waals surface area (Å²) in [5.41, 5.74) is 1.45. The zero-order chi connectivity index (χ0) is 9.97. The molecule has 0 unspecified atom stereocenters. The van der Waals surface area contributed by atoms with Crippen LogP contribution < -0.4 is 0 Å². The topological polar surface area (TPSA) is 56.0 Å². The van der Waals surface area contributed by atoms with Crippen molar-refractivity contribution in [2.75, 3.05) is 0 Å². The van der Waals surface area contributed by atoms with E-state index in [1.165, 1.54) is 0 Å². The van der Waals surface area contributed by atoms with Crippen molar-refractivity contribution in [1.29, 1.82) is 0 Å². The number of hydrogen-bond donors (Lipinski definition) is 0. The SMILES string of the molecule is Cc1noc(-c2ccc(C=O)cc2)n1. The van der Waals surface area contributed by atoms with Gasteiger partial charge >= 0.3 is 0 Å². The van der Waals surface area contributed by atoms with Gasteiger partial charge in [-0.3, -0.25) is 4.79 Å². The molecule has 0 bridgehead atoms. The van der Waals surface area contributed by atoms with E-state index in [1.807, 2.05) is 0 Å². The standard InChI is InChI=1S/C10H8N2O2/c1-7-11-10(14-12-7)9-4-2-8(6-13)3-5-9/h2-6H,1H3. The Bertz CT molecular complexity index is 445. The van der Waals surface area contributed by atoms with Crippen molar-refractivity contribution < 1.29 is 9.32 Å².